The van der Waals surface area contributed by atoms with Gasteiger partial charge in [0.25, 0.3) is 5.91 Å². The van der Waals surface area contributed by atoms with E-state index in [1.165, 1.54) is 5.01 Å². The van der Waals surface area contributed by atoms with Gasteiger partial charge in [-0.25, -0.2) is 5.01 Å². The molecule has 0 spiro atoms. The van der Waals surface area contributed by atoms with Crippen LogP contribution in [0, 0.1) is 0 Å². The van der Waals surface area contributed by atoms with Crippen LogP contribution < -0.4 is 5.01 Å². The molecule has 0 N–H and O–H groups in total. The topological polar surface area (TPSA) is 32.7 Å². The summed E-state index contributed by atoms with van der Waals surface area (Å²) < 4.78 is 0.956. The number of nitrogens with zero attached hydrogens (tertiary/aromatic N) is 2. The van der Waals surface area contributed by atoms with Crippen LogP contribution in [0.15, 0.2) is 33.8 Å². The quantitative estimate of drug-likeness (QED) is 0.836. The molecule has 16 heavy (non-hydrogen) atoms. The molecule has 0 unspecified atom stereocenters. The number of hydrogen-bond acceptors (Lipinski definition) is 2. The molecule has 1 aliphatic heterocycles. The molecular formula is C12H13BrN2O. The molecule has 0 atom stereocenters. The molecule has 0 radical (unpaired) electrons. The maximum absolute atomic E-state index is 11.8. The number of anilines is 1. The summed E-state index contributed by atoms with van der Waals surface area (Å²) >= 11 is 3.39. The highest BCUT2D eigenvalue weighted by atomic mass is 79.9. The Morgan fingerprint density at radius 2 is 2.31 bits per heavy atom. The predicted molar refractivity (Wildman–Crippen MR) is 68.6 cm³/mol. The second-order valence-electron chi connectivity index (χ2n) is 3.78. The van der Waals surface area contributed by atoms with Gasteiger partial charge in [-0.2, -0.15) is 5.10 Å². The maximum Gasteiger partial charge on any atom is 0.253 e. The van der Waals surface area contributed by atoms with E-state index in [1.54, 1.807) is 0 Å². The van der Waals surface area contributed by atoms with Gasteiger partial charge < -0.3 is 0 Å². The number of hydrazone groups is 1. The van der Waals surface area contributed by atoms with Gasteiger partial charge in [-0.3, -0.25) is 4.79 Å². The Balaban J connectivity index is 2.24. The van der Waals surface area contributed by atoms with E-state index in [0.29, 0.717) is 6.42 Å². The molecular weight excluding hydrogens is 268 g/mol. The first-order valence-corrected chi connectivity index (χ1v) is 6.15. The maximum atomic E-state index is 11.8. The Morgan fingerprint density at radius 3 is 3.00 bits per heavy atom. The largest absolute Gasteiger partial charge is 0.272 e. The summed E-state index contributed by atoms with van der Waals surface area (Å²) in [6.07, 6.45) is 2.38. The van der Waals surface area contributed by atoms with Gasteiger partial charge in [-0.15, -0.1) is 0 Å². The number of amides is 1. The highest BCUT2D eigenvalue weighted by molar-refractivity contribution is 9.10. The smallest absolute Gasteiger partial charge is 0.253 e. The zero-order valence-electron chi connectivity index (χ0n) is 9.11. The molecule has 1 aromatic carbocycles. The Kier molecular flexibility index (Phi) is 3.39. The van der Waals surface area contributed by atoms with Gasteiger partial charge >= 0.3 is 0 Å². The third kappa shape index (κ3) is 2.32. The number of hydrogen-bond donors (Lipinski definition) is 0. The van der Waals surface area contributed by atoms with E-state index in [0.717, 1.165) is 28.7 Å². The zero-order valence-corrected chi connectivity index (χ0v) is 10.7. The van der Waals surface area contributed by atoms with Crippen molar-refractivity contribution >= 4 is 33.2 Å². The molecule has 3 nitrogen and oxygen atoms in total. The molecule has 0 saturated carbocycles. The number of benzene rings is 1. The summed E-state index contributed by atoms with van der Waals surface area (Å²) in [4.78, 5) is 11.8. The van der Waals surface area contributed by atoms with Crippen molar-refractivity contribution in [2.45, 2.75) is 26.2 Å². The fraction of sp³-hybridized carbons (Fsp3) is 0.333. The Morgan fingerprint density at radius 1 is 1.50 bits per heavy atom. The van der Waals surface area contributed by atoms with Crippen molar-refractivity contribution in [3.63, 3.8) is 0 Å². The third-order valence-electron chi connectivity index (χ3n) is 2.42. The molecule has 1 heterocycles. The van der Waals surface area contributed by atoms with Gasteiger partial charge in [0.05, 0.1) is 12.1 Å². The molecule has 1 aliphatic rings. The van der Waals surface area contributed by atoms with E-state index in [9.17, 15) is 4.79 Å². The monoisotopic (exact) mass is 280 g/mol. The normalized spacial score (nSPS) is 15.5. The van der Waals surface area contributed by atoms with E-state index in [4.69, 9.17) is 0 Å². The summed E-state index contributed by atoms with van der Waals surface area (Å²) in [7, 11) is 0. The standard InChI is InChI=1S/C12H13BrN2O/c1-2-4-10-8-12(16)15(14-10)11-6-3-5-9(13)7-11/h3,5-7H,2,4,8H2,1H3. The first-order chi connectivity index (χ1) is 7.70. The Hall–Kier alpha value is -1.16. The van der Waals surface area contributed by atoms with Crippen molar-refractivity contribution in [3.05, 3.63) is 28.7 Å². The van der Waals surface area contributed by atoms with E-state index < -0.39 is 0 Å². The van der Waals surface area contributed by atoms with Gasteiger partial charge in [0, 0.05) is 10.2 Å². The van der Waals surface area contributed by atoms with Crippen LogP contribution in [0.2, 0.25) is 0 Å². The number of rotatable bonds is 3. The summed E-state index contributed by atoms with van der Waals surface area (Å²) in [5.74, 6) is 0.0570. The molecule has 1 aromatic rings. The van der Waals surface area contributed by atoms with Crippen molar-refractivity contribution in [1.82, 2.24) is 0 Å². The van der Waals surface area contributed by atoms with Gasteiger partial charge in [0.15, 0.2) is 0 Å². The highest BCUT2D eigenvalue weighted by Gasteiger charge is 2.24. The fourth-order valence-electron chi connectivity index (χ4n) is 1.72. The van der Waals surface area contributed by atoms with Crippen LogP contribution in [0.1, 0.15) is 26.2 Å². The van der Waals surface area contributed by atoms with E-state index >= 15 is 0 Å². The third-order valence-corrected chi connectivity index (χ3v) is 2.92. The average Bonchev–Trinajstić information content (AvgIpc) is 2.60. The fourth-order valence-corrected chi connectivity index (χ4v) is 2.11. The molecule has 0 saturated heterocycles. The van der Waals surface area contributed by atoms with Crippen molar-refractivity contribution in [2.24, 2.45) is 5.10 Å². The lowest BCUT2D eigenvalue weighted by molar-refractivity contribution is -0.116. The van der Waals surface area contributed by atoms with Crippen LogP contribution in [0.5, 0.6) is 0 Å². The molecule has 2 rings (SSSR count). The van der Waals surface area contributed by atoms with E-state index in [-0.39, 0.29) is 5.91 Å². The van der Waals surface area contributed by atoms with Gasteiger partial charge in [-0.1, -0.05) is 35.3 Å². The van der Waals surface area contributed by atoms with Crippen molar-refractivity contribution in [1.29, 1.82) is 0 Å². The van der Waals surface area contributed by atoms with Gasteiger partial charge in [0.2, 0.25) is 0 Å². The summed E-state index contributed by atoms with van der Waals surface area (Å²) in [5.41, 5.74) is 1.80. The van der Waals surface area contributed by atoms with Gasteiger partial charge in [0.1, 0.15) is 0 Å². The number of halogens is 1. The Labute approximate surface area is 103 Å². The van der Waals surface area contributed by atoms with Gasteiger partial charge in [-0.05, 0) is 24.6 Å². The molecule has 4 heteroatoms. The molecule has 0 bridgehead atoms. The minimum atomic E-state index is 0.0570. The van der Waals surface area contributed by atoms with Crippen LogP contribution in [0.3, 0.4) is 0 Å². The van der Waals surface area contributed by atoms with Crippen LogP contribution in [-0.4, -0.2) is 11.6 Å². The first-order valence-electron chi connectivity index (χ1n) is 5.35. The first kappa shape index (κ1) is 11.3. The molecule has 0 aromatic heterocycles. The van der Waals surface area contributed by atoms with E-state index in [2.05, 4.69) is 28.0 Å². The SMILES string of the molecule is CCCC1=NN(c2cccc(Br)c2)C(=O)C1. The van der Waals surface area contributed by atoms with Crippen molar-refractivity contribution in [2.75, 3.05) is 5.01 Å². The predicted octanol–water partition coefficient (Wildman–Crippen LogP) is 3.34. The summed E-state index contributed by atoms with van der Waals surface area (Å²) in [6, 6.07) is 7.62. The lowest BCUT2D eigenvalue weighted by Gasteiger charge is -2.11. The summed E-state index contributed by atoms with van der Waals surface area (Å²) in [5, 5.41) is 5.85. The van der Waals surface area contributed by atoms with Crippen LogP contribution in [0.4, 0.5) is 5.69 Å². The van der Waals surface area contributed by atoms with Crippen LogP contribution >= 0.6 is 15.9 Å². The minimum Gasteiger partial charge on any atom is -0.272 e. The van der Waals surface area contributed by atoms with Crippen LogP contribution in [0.25, 0.3) is 0 Å². The molecule has 84 valence electrons. The van der Waals surface area contributed by atoms with Crippen LogP contribution in [-0.2, 0) is 4.79 Å². The zero-order chi connectivity index (χ0) is 11.5. The lowest BCUT2D eigenvalue weighted by Crippen LogP contribution is -2.19. The van der Waals surface area contributed by atoms with Crippen molar-refractivity contribution in [3.8, 4) is 0 Å². The highest BCUT2D eigenvalue weighted by Crippen LogP contribution is 2.24. The Bertz CT molecular complexity index is 442. The number of carbonyl (C=O) groups is 1. The molecule has 1 amide bonds. The minimum absolute atomic E-state index is 0.0570. The molecule has 0 aliphatic carbocycles. The lowest BCUT2D eigenvalue weighted by atomic mass is 10.2. The molecule has 0 fully saturated rings. The summed E-state index contributed by atoms with van der Waals surface area (Å²) in [6.45, 7) is 2.09. The van der Waals surface area contributed by atoms with E-state index in [1.807, 2.05) is 24.3 Å². The average molecular weight is 281 g/mol. The number of carbonyl (C=O) groups excluding carboxylic acids is 1. The second-order valence-corrected chi connectivity index (χ2v) is 4.69. The second kappa shape index (κ2) is 4.78. The van der Waals surface area contributed by atoms with Crippen molar-refractivity contribution < 1.29 is 4.79 Å².